The molecule has 0 fully saturated rings. The third-order valence-electron chi connectivity index (χ3n) is 1.33. The van der Waals surface area contributed by atoms with Gasteiger partial charge in [-0.1, -0.05) is 6.58 Å². The minimum absolute atomic E-state index is 1.48. The Hall–Kier alpha value is -0.720. The van der Waals surface area contributed by atoms with Gasteiger partial charge in [-0.25, -0.2) is 8.78 Å². The first-order chi connectivity index (χ1) is 5.67. The van der Waals surface area contributed by atoms with Gasteiger partial charge in [-0.3, -0.25) is 0 Å². The highest BCUT2D eigenvalue weighted by Gasteiger charge is 2.63. The predicted molar refractivity (Wildman–Crippen MR) is 32.1 cm³/mol. The van der Waals surface area contributed by atoms with E-state index >= 15 is 0 Å². The monoisotopic (exact) mass is 208 g/mol. The normalized spacial score (nSPS) is 13.5. The minimum Gasteiger partial charge on any atom is -0.392 e. The van der Waals surface area contributed by atoms with Gasteiger partial charge in [-0.2, -0.15) is 17.6 Å². The molecule has 1 N–H and O–H groups in total. The summed E-state index contributed by atoms with van der Waals surface area (Å²) in [6.45, 7) is 0.903. The number of hydrogen-bond donors (Lipinski definition) is 1. The molecule has 13 heavy (non-hydrogen) atoms. The van der Waals surface area contributed by atoms with Crippen LogP contribution < -0.4 is 0 Å². The average Bonchev–Trinajstić information content (AvgIpc) is 2.02. The summed E-state index contributed by atoms with van der Waals surface area (Å²) in [6.07, 6.45) is -4.51. The molecule has 0 saturated carbocycles. The second-order valence-corrected chi connectivity index (χ2v) is 2.26. The highest BCUT2D eigenvalue weighted by atomic mass is 19.3. The summed E-state index contributed by atoms with van der Waals surface area (Å²) in [4.78, 5) is 0. The molecule has 0 saturated heterocycles. The molecule has 0 spiro atoms. The highest BCUT2D eigenvalue weighted by molar-refractivity contribution is 5.14. The molecule has 0 aromatic rings. The molecule has 0 aromatic carbocycles. The van der Waals surface area contributed by atoms with Crippen molar-refractivity contribution in [2.24, 2.45) is 0 Å². The molecule has 0 aromatic heterocycles. The molecule has 78 valence electrons. The lowest BCUT2D eigenvalue weighted by Gasteiger charge is -2.26. The van der Waals surface area contributed by atoms with Crippen molar-refractivity contribution in [2.75, 3.05) is 6.61 Å². The van der Waals surface area contributed by atoms with Crippen LogP contribution in [0.25, 0.3) is 0 Å². The van der Waals surface area contributed by atoms with Crippen molar-refractivity contribution < 1.29 is 31.4 Å². The van der Waals surface area contributed by atoms with E-state index in [4.69, 9.17) is 5.11 Å². The Morgan fingerprint density at radius 1 is 1.23 bits per heavy atom. The van der Waals surface area contributed by atoms with E-state index in [1.165, 1.54) is 0 Å². The molecule has 0 rings (SSSR count). The van der Waals surface area contributed by atoms with E-state index in [1.54, 1.807) is 0 Å². The summed E-state index contributed by atoms with van der Waals surface area (Å²) in [5.41, 5.74) is -1.64. The second-order valence-electron chi connectivity index (χ2n) is 2.26. The van der Waals surface area contributed by atoms with Crippen molar-refractivity contribution in [3.05, 3.63) is 12.2 Å². The Bertz CT molecular complexity index is 199. The zero-order valence-electron chi connectivity index (χ0n) is 6.21. The smallest absolute Gasteiger partial charge is 0.373 e. The highest BCUT2D eigenvalue weighted by Crippen LogP contribution is 2.42. The minimum atomic E-state index is -5.51. The topological polar surface area (TPSA) is 20.2 Å². The molecule has 0 aliphatic carbocycles. The predicted octanol–water partition coefficient (Wildman–Crippen LogP) is 2.07. The van der Waals surface area contributed by atoms with Gasteiger partial charge in [0.05, 0.1) is 6.61 Å². The number of alkyl halides is 6. The van der Waals surface area contributed by atoms with Crippen LogP contribution in [0.5, 0.6) is 0 Å². The number of aliphatic hydroxyl groups excluding tert-OH is 1. The molecular formula is C6H6F6O. The van der Waals surface area contributed by atoms with E-state index in [2.05, 4.69) is 6.58 Å². The van der Waals surface area contributed by atoms with Gasteiger partial charge in [-0.15, -0.1) is 0 Å². The summed E-state index contributed by atoms with van der Waals surface area (Å²) in [6, 6.07) is 0. The molecule has 0 radical (unpaired) electrons. The van der Waals surface area contributed by atoms with E-state index in [0.29, 0.717) is 0 Å². The first-order valence-electron chi connectivity index (χ1n) is 3.00. The van der Waals surface area contributed by atoms with Crippen molar-refractivity contribution in [1.29, 1.82) is 0 Å². The summed E-state index contributed by atoms with van der Waals surface area (Å²) in [5.74, 6) is -10.6. The van der Waals surface area contributed by atoms with Gasteiger partial charge in [0.15, 0.2) is 0 Å². The Labute approximate surface area is 69.7 Å². The Morgan fingerprint density at radius 2 is 1.62 bits per heavy atom. The van der Waals surface area contributed by atoms with Gasteiger partial charge in [0.2, 0.25) is 0 Å². The maximum Gasteiger partial charge on any atom is 0.373 e. The maximum absolute atomic E-state index is 12.4. The summed E-state index contributed by atoms with van der Waals surface area (Å²) in [5, 5.41) is 8.06. The van der Waals surface area contributed by atoms with Crippen LogP contribution in [0.4, 0.5) is 26.3 Å². The molecule has 1 nitrogen and oxygen atoms in total. The van der Waals surface area contributed by atoms with Crippen LogP contribution in [0.1, 0.15) is 0 Å². The Balaban J connectivity index is 4.91. The third-order valence-corrected chi connectivity index (χ3v) is 1.33. The van der Waals surface area contributed by atoms with Gasteiger partial charge in [0.1, 0.15) is 0 Å². The van der Waals surface area contributed by atoms with E-state index in [0.717, 1.165) is 0 Å². The van der Waals surface area contributed by atoms with Crippen LogP contribution in [0, 0.1) is 0 Å². The van der Waals surface area contributed by atoms with Crippen LogP contribution in [-0.2, 0) is 0 Å². The van der Waals surface area contributed by atoms with Crippen LogP contribution in [0.3, 0.4) is 0 Å². The van der Waals surface area contributed by atoms with Gasteiger partial charge in [0.25, 0.3) is 0 Å². The summed E-state index contributed by atoms with van der Waals surface area (Å²) in [7, 11) is 0. The average molecular weight is 208 g/mol. The van der Waals surface area contributed by atoms with Gasteiger partial charge >= 0.3 is 18.3 Å². The molecule has 0 heterocycles. The Kier molecular flexibility index (Phi) is 3.37. The molecule has 0 unspecified atom stereocenters. The fourth-order valence-electron chi connectivity index (χ4n) is 0.472. The second kappa shape index (κ2) is 3.57. The number of aliphatic hydroxyl groups is 1. The molecule has 0 aliphatic heterocycles. The van der Waals surface area contributed by atoms with Gasteiger partial charge in [0, 0.05) is 5.57 Å². The first kappa shape index (κ1) is 12.3. The van der Waals surface area contributed by atoms with Crippen molar-refractivity contribution in [1.82, 2.24) is 0 Å². The first-order valence-corrected chi connectivity index (χ1v) is 3.00. The van der Waals surface area contributed by atoms with Crippen LogP contribution in [0.15, 0.2) is 12.2 Å². The van der Waals surface area contributed by atoms with Crippen LogP contribution >= 0.6 is 0 Å². The maximum atomic E-state index is 12.4. The standard InChI is InChI=1S/C6H6F6O/c1-3(2-13)5(9,10)6(11,12)4(7)8/h4,13H,1-2H2. The number of halogens is 6. The van der Waals surface area contributed by atoms with E-state index in [-0.39, 0.29) is 0 Å². The van der Waals surface area contributed by atoms with E-state index in [1.807, 2.05) is 0 Å². The van der Waals surface area contributed by atoms with Crippen molar-refractivity contribution >= 4 is 0 Å². The van der Waals surface area contributed by atoms with Gasteiger partial charge < -0.3 is 5.11 Å². The largest absolute Gasteiger partial charge is 0.392 e. The molecule has 0 amide bonds. The SMILES string of the molecule is C=C(CO)C(F)(F)C(F)(F)C(F)F. The number of rotatable bonds is 4. The van der Waals surface area contributed by atoms with E-state index < -0.39 is 30.5 Å². The van der Waals surface area contributed by atoms with E-state index in [9.17, 15) is 26.3 Å². The summed E-state index contributed by atoms with van der Waals surface area (Å²) >= 11 is 0. The zero-order valence-corrected chi connectivity index (χ0v) is 6.21. The lowest BCUT2D eigenvalue weighted by Crippen LogP contribution is -2.48. The quantitative estimate of drug-likeness (QED) is 0.553. The van der Waals surface area contributed by atoms with Crippen LogP contribution in [0.2, 0.25) is 0 Å². The lowest BCUT2D eigenvalue weighted by atomic mass is 10.1. The van der Waals surface area contributed by atoms with Crippen molar-refractivity contribution in [2.45, 2.75) is 18.3 Å². The lowest BCUT2D eigenvalue weighted by molar-refractivity contribution is -0.248. The molecular weight excluding hydrogens is 202 g/mol. The molecule has 0 bridgehead atoms. The third kappa shape index (κ3) is 1.96. The fourth-order valence-corrected chi connectivity index (χ4v) is 0.472. The molecule has 7 heteroatoms. The van der Waals surface area contributed by atoms with Crippen molar-refractivity contribution in [3.63, 3.8) is 0 Å². The van der Waals surface area contributed by atoms with Crippen molar-refractivity contribution in [3.8, 4) is 0 Å². The van der Waals surface area contributed by atoms with Crippen LogP contribution in [-0.4, -0.2) is 30.0 Å². The molecule has 0 atom stereocenters. The fraction of sp³-hybridized carbons (Fsp3) is 0.667. The zero-order chi connectivity index (χ0) is 10.9. The summed E-state index contributed by atoms with van der Waals surface area (Å²) < 4.78 is 71.8. The Morgan fingerprint density at radius 3 is 1.85 bits per heavy atom. The van der Waals surface area contributed by atoms with Gasteiger partial charge in [-0.05, 0) is 0 Å². The number of hydrogen-bond acceptors (Lipinski definition) is 1. The molecule has 0 aliphatic rings.